The lowest BCUT2D eigenvalue weighted by Crippen LogP contribution is -2.29. The summed E-state index contributed by atoms with van der Waals surface area (Å²) in [4.78, 5) is 12.5. The fourth-order valence-electron chi connectivity index (χ4n) is 2.61. The molecule has 1 heterocycles. The van der Waals surface area contributed by atoms with Crippen LogP contribution in [0.2, 0.25) is 0 Å². The Morgan fingerprint density at radius 3 is 2.41 bits per heavy atom. The molecule has 0 fully saturated rings. The highest BCUT2D eigenvalue weighted by Gasteiger charge is 2.27. The van der Waals surface area contributed by atoms with E-state index in [2.05, 4.69) is 59.0 Å². The highest BCUT2D eigenvalue weighted by Crippen LogP contribution is 2.29. The van der Waals surface area contributed by atoms with Crippen LogP contribution in [0.4, 0.5) is 5.82 Å². The Bertz CT molecular complexity index is 570. The van der Waals surface area contributed by atoms with Gasteiger partial charge in [0.25, 0.3) is 0 Å². The zero-order valence-corrected chi connectivity index (χ0v) is 14.7. The lowest BCUT2D eigenvalue weighted by molar-refractivity contribution is -0.120. The topological polar surface area (TPSA) is 46.9 Å². The number of hydrogen-bond acceptors (Lipinski definition) is 2. The first-order valence-corrected chi connectivity index (χ1v) is 8.16. The second-order valence-corrected chi connectivity index (χ2v) is 8.22. The molecule has 0 bridgehead atoms. The number of aromatic nitrogens is 2. The average Bonchev–Trinajstić information content (AvgIpc) is 2.83. The summed E-state index contributed by atoms with van der Waals surface area (Å²) in [5.41, 5.74) is 0.795. The monoisotopic (exact) mass is 303 g/mol. The summed E-state index contributed by atoms with van der Waals surface area (Å²) in [5.74, 6) is 0.985. The van der Waals surface area contributed by atoms with E-state index in [0.717, 1.165) is 30.8 Å². The summed E-state index contributed by atoms with van der Waals surface area (Å²) >= 11 is 0. The molecule has 1 unspecified atom stereocenters. The lowest BCUT2D eigenvalue weighted by Gasteiger charge is -2.24. The zero-order valence-electron chi connectivity index (χ0n) is 14.7. The van der Waals surface area contributed by atoms with Gasteiger partial charge in [-0.05, 0) is 40.0 Å². The Morgan fingerprint density at radius 1 is 1.23 bits per heavy atom. The molecule has 1 atom stereocenters. The van der Waals surface area contributed by atoms with Crippen LogP contribution in [0.15, 0.2) is 18.2 Å². The Balaban J connectivity index is 2.27. The van der Waals surface area contributed by atoms with Crippen molar-refractivity contribution in [2.45, 2.75) is 71.8 Å². The van der Waals surface area contributed by atoms with Crippen molar-refractivity contribution < 1.29 is 4.79 Å². The first-order chi connectivity index (χ1) is 10.1. The van der Waals surface area contributed by atoms with E-state index in [-0.39, 0.29) is 22.8 Å². The van der Waals surface area contributed by atoms with Crippen molar-refractivity contribution in [3.63, 3.8) is 0 Å². The van der Waals surface area contributed by atoms with Crippen molar-refractivity contribution in [1.29, 1.82) is 0 Å². The molecule has 0 saturated heterocycles. The molecule has 4 nitrogen and oxygen atoms in total. The van der Waals surface area contributed by atoms with Gasteiger partial charge in [0.2, 0.25) is 5.91 Å². The highest BCUT2D eigenvalue weighted by atomic mass is 16.2. The maximum atomic E-state index is 12.5. The largest absolute Gasteiger partial charge is 0.311 e. The van der Waals surface area contributed by atoms with Gasteiger partial charge in [0.05, 0.1) is 11.2 Å². The lowest BCUT2D eigenvalue weighted by atomic mass is 9.92. The van der Waals surface area contributed by atoms with Gasteiger partial charge in [-0.3, -0.25) is 4.79 Å². The van der Waals surface area contributed by atoms with Crippen LogP contribution in [0, 0.1) is 5.92 Å². The molecule has 2 rings (SSSR count). The van der Waals surface area contributed by atoms with Crippen LogP contribution < -0.4 is 5.32 Å². The Hall–Kier alpha value is -1.58. The molecule has 0 aromatic carbocycles. The van der Waals surface area contributed by atoms with Crippen molar-refractivity contribution >= 4 is 11.7 Å². The molecule has 22 heavy (non-hydrogen) atoms. The van der Waals surface area contributed by atoms with Gasteiger partial charge in [0.1, 0.15) is 5.82 Å². The van der Waals surface area contributed by atoms with E-state index in [0.29, 0.717) is 0 Å². The third-order valence-electron chi connectivity index (χ3n) is 4.00. The number of anilines is 1. The van der Waals surface area contributed by atoms with Crippen LogP contribution >= 0.6 is 0 Å². The van der Waals surface area contributed by atoms with Crippen molar-refractivity contribution in [1.82, 2.24) is 9.78 Å². The van der Waals surface area contributed by atoms with Crippen LogP contribution in [0.1, 0.15) is 66.5 Å². The quantitative estimate of drug-likeness (QED) is 0.831. The Labute approximate surface area is 134 Å². The van der Waals surface area contributed by atoms with Crippen LogP contribution in [0.5, 0.6) is 0 Å². The van der Waals surface area contributed by atoms with Crippen LogP contribution in [0.25, 0.3) is 0 Å². The number of carbonyl (C=O) groups is 1. The minimum absolute atomic E-state index is 0.0381. The maximum absolute atomic E-state index is 12.5. The highest BCUT2D eigenvalue weighted by molar-refractivity contribution is 5.92. The van der Waals surface area contributed by atoms with Gasteiger partial charge >= 0.3 is 0 Å². The summed E-state index contributed by atoms with van der Waals surface area (Å²) in [6.45, 7) is 12.7. The molecule has 0 aliphatic heterocycles. The number of nitrogens with one attached hydrogen (secondary N) is 1. The first kappa shape index (κ1) is 16.8. The normalized spacial score (nSPS) is 19.3. The molecule has 1 N–H and O–H groups in total. The van der Waals surface area contributed by atoms with Crippen molar-refractivity contribution in [2.24, 2.45) is 5.92 Å². The number of rotatable bonds is 2. The molecule has 1 aromatic rings. The van der Waals surface area contributed by atoms with Crippen LogP contribution in [-0.2, 0) is 15.7 Å². The van der Waals surface area contributed by atoms with E-state index < -0.39 is 0 Å². The smallest absolute Gasteiger partial charge is 0.228 e. The number of allylic oxidation sites excluding steroid dienone is 2. The average molecular weight is 303 g/mol. The molecule has 122 valence electrons. The van der Waals surface area contributed by atoms with Gasteiger partial charge in [-0.2, -0.15) is 5.10 Å². The van der Waals surface area contributed by atoms with E-state index in [1.54, 1.807) is 0 Å². The van der Waals surface area contributed by atoms with E-state index in [9.17, 15) is 4.79 Å². The molecule has 0 radical (unpaired) electrons. The predicted octanol–water partition coefficient (Wildman–Crippen LogP) is 4.23. The SMILES string of the molecule is CC(C)(C)c1cc(NC(=O)C2CC=CCC2)n(C(C)(C)C)n1. The summed E-state index contributed by atoms with van der Waals surface area (Å²) in [7, 11) is 0. The van der Waals surface area contributed by atoms with Crippen LogP contribution in [-0.4, -0.2) is 15.7 Å². The second kappa shape index (κ2) is 5.90. The van der Waals surface area contributed by atoms with Gasteiger partial charge in [0.15, 0.2) is 0 Å². The summed E-state index contributed by atoms with van der Waals surface area (Å²) in [5, 5.41) is 7.85. The first-order valence-electron chi connectivity index (χ1n) is 8.16. The molecular formula is C18H29N3O. The summed E-state index contributed by atoms with van der Waals surface area (Å²) in [6, 6.07) is 2.02. The Kier molecular flexibility index (Phi) is 4.50. The summed E-state index contributed by atoms with van der Waals surface area (Å²) in [6.07, 6.45) is 7.01. The van der Waals surface area contributed by atoms with Crippen LogP contribution in [0.3, 0.4) is 0 Å². The Morgan fingerprint density at radius 2 is 1.91 bits per heavy atom. The van der Waals surface area contributed by atoms with E-state index in [1.807, 2.05) is 10.7 Å². The van der Waals surface area contributed by atoms with Crippen molar-refractivity contribution in [3.05, 3.63) is 23.9 Å². The van der Waals surface area contributed by atoms with Gasteiger partial charge in [-0.15, -0.1) is 0 Å². The van der Waals surface area contributed by atoms with E-state index >= 15 is 0 Å². The molecule has 0 saturated carbocycles. The van der Waals surface area contributed by atoms with Crippen molar-refractivity contribution in [3.8, 4) is 0 Å². The number of amides is 1. The fourth-order valence-corrected chi connectivity index (χ4v) is 2.61. The van der Waals surface area contributed by atoms with Gasteiger partial charge in [-0.25, -0.2) is 4.68 Å². The molecule has 4 heteroatoms. The molecule has 1 amide bonds. The van der Waals surface area contributed by atoms with Gasteiger partial charge < -0.3 is 5.32 Å². The summed E-state index contributed by atoms with van der Waals surface area (Å²) < 4.78 is 1.93. The zero-order chi connectivity index (χ0) is 16.5. The maximum Gasteiger partial charge on any atom is 0.228 e. The number of hydrogen-bond donors (Lipinski definition) is 1. The third kappa shape index (κ3) is 3.79. The van der Waals surface area contributed by atoms with Gasteiger partial charge in [-0.1, -0.05) is 32.9 Å². The minimum atomic E-state index is -0.168. The molecule has 0 spiro atoms. The minimum Gasteiger partial charge on any atom is -0.311 e. The molecule has 1 aliphatic carbocycles. The number of carbonyl (C=O) groups excluding carboxylic acids is 1. The van der Waals surface area contributed by atoms with Crippen molar-refractivity contribution in [2.75, 3.05) is 5.32 Å². The molecular weight excluding hydrogens is 274 g/mol. The second-order valence-electron chi connectivity index (χ2n) is 8.22. The third-order valence-corrected chi connectivity index (χ3v) is 4.00. The predicted molar refractivity (Wildman–Crippen MR) is 91.0 cm³/mol. The number of nitrogens with zero attached hydrogens (tertiary/aromatic N) is 2. The standard InChI is InChI=1S/C18H29N3O/c1-17(2,3)14-12-15(21(20-14)18(4,5)6)19-16(22)13-10-8-7-9-11-13/h7-8,12-13H,9-11H2,1-6H3,(H,19,22). The van der Waals surface area contributed by atoms with Gasteiger partial charge in [0, 0.05) is 17.4 Å². The van der Waals surface area contributed by atoms with E-state index in [4.69, 9.17) is 5.10 Å². The fraction of sp³-hybridized carbons (Fsp3) is 0.667. The van der Waals surface area contributed by atoms with E-state index in [1.165, 1.54) is 0 Å². The molecule has 1 aromatic heterocycles. The molecule has 1 aliphatic rings.